The number of aliphatic carboxylic acids is 1. The van der Waals surface area contributed by atoms with E-state index >= 15 is 0 Å². The number of rotatable bonds is 16. The number of hydrogen-bond donors (Lipinski definition) is 3. The minimum atomic E-state index is -1.03. The van der Waals surface area contributed by atoms with E-state index in [-0.39, 0.29) is 31.0 Å². The summed E-state index contributed by atoms with van der Waals surface area (Å²) in [6.45, 7) is 0.729. The minimum absolute atomic E-state index is 0. The number of hydrogen-bond acceptors (Lipinski definition) is 8. The van der Waals surface area contributed by atoms with Gasteiger partial charge in [0.2, 0.25) is 5.91 Å². The molecule has 3 rings (SSSR count). The lowest BCUT2D eigenvalue weighted by molar-refractivity contribution is -0.138. The maximum absolute atomic E-state index is 12.7. The Hall–Kier alpha value is -4.54. The number of para-hydroxylation sites is 1. The first-order chi connectivity index (χ1) is 20.3. The van der Waals surface area contributed by atoms with Gasteiger partial charge in [-0.25, -0.2) is 4.79 Å². The van der Waals surface area contributed by atoms with Crippen LogP contribution in [0, 0.1) is 0 Å². The van der Waals surface area contributed by atoms with Gasteiger partial charge in [-0.15, -0.1) is 12.4 Å². The summed E-state index contributed by atoms with van der Waals surface area (Å²) >= 11 is 0. The zero-order valence-corrected chi connectivity index (χ0v) is 24.9. The minimum Gasteiger partial charge on any atom is -0.494 e. The summed E-state index contributed by atoms with van der Waals surface area (Å²) in [5, 5.41) is 11.6. The average Bonchev–Trinajstić information content (AvgIpc) is 3.00. The van der Waals surface area contributed by atoms with E-state index in [1.165, 1.54) is 13.2 Å². The van der Waals surface area contributed by atoms with Crippen LogP contribution in [0.2, 0.25) is 0 Å². The molecule has 1 amide bonds. The van der Waals surface area contributed by atoms with Crippen LogP contribution in [0.3, 0.4) is 0 Å². The van der Waals surface area contributed by atoms with Crippen molar-refractivity contribution in [2.75, 3.05) is 32.8 Å². The molecular weight excluding hydrogens is 576 g/mol. The standard InChI is InChI=1S/C32H36N2O8.ClH/c1-39-28-16-12-23(21-29(28)40-2)13-17-30(35)34-27-9-5-4-8-25(27)32(38)42-19-7-3-6-18-41-24-14-10-22(11-15-24)20-26(33)31(36)37;/h4-5,8-17,21,26H,3,6-7,18-20,33H2,1-2H3,(H,34,35)(H,36,37);1H/t26-;/m0./s1. The molecule has 0 aliphatic rings. The molecule has 0 heterocycles. The summed E-state index contributed by atoms with van der Waals surface area (Å²) in [6.07, 6.45) is 5.47. The molecule has 0 radical (unpaired) electrons. The number of amides is 1. The number of carboxylic acid groups (broad SMARTS) is 1. The number of halogens is 1. The molecule has 0 bridgehead atoms. The monoisotopic (exact) mass is 612 g/mol. The third-order valence-electron chi connectivity index (χ3n) is 6.23. The van der Waals surface area contributed by atoms with Gasteiger partial charge in [-0.3, -0.25) is 9.59 Å². The van der Waals surface area contributed by atoms with Crippen molar-refractivity contribution in [3.63, 3.8) is 0 Å². The van der Waals surface area contributed by atoms with Crippen LogP contribution in [-0.2, 0) is 20.7 Å². The highest BCUT2D eigenvalue weighted by Crippen LogP contribution is 2.28. The first-order valence-electron chi connectivity index (χ1n) is 13.5. The third kappa shape index (κ3) is 11.3. The van der Waals surface area contributed by atoms with E-state index in [1.54, 1.807) is 79.9 Å². The summed E-state index contributed by atoms with van der Waals surface area (Å²) in [6, 6.07) is 18.2. The summed E-state index contributed by atoms with van der Waals surface area (Å²) in [7, 11) is 3.09. The Kier molecular flexibility index (Phi) is 14.6. The van der Waals surface area contributed by atoms with Crippen LogP contribution in [0.5, 0.6) is 17.2 Å². The van der Waals surface area contributed by atoms with Gasteiger partial charge < -0.3 is 35.1 Å². The van der Waals surface area contributed by atoms with E-state index in [0.717, 1.165) is 24.0 Å². The third-order valence-corrected chi connectivity index (χ3v) is 6.23. The topological polar surface area (TPSA) is 146 Å². The lowest BCUT2D eigenvalue weighted by Gasteiger charge is -2.11. The number of benzene rings is 3. The van der Waals surface area contributed by atoms with Crippen molar-refractivity contribution >= 4 is 42.0 Å². The molecule has 0 unspecified atom stereocenters. The number of anilines is 1. The number of carboxylic acids is 1. The SMILES string of the molecule is COc1ccc(C=CC(=O)Nc2ccccc2C(=O)OCCCCCOc2ccc(C[C@H](N)C(=O)O)cc2)cc1OC.Cl. The number of esters is 1. The van der Waals surface area contributed by atoms with Gasteiger partial charge in [0.05, 0.1) is 38.7 Å². The van der Waals surface area contributed by atoms with E-state index in [0.29, 0.717) is 36.0 Å². The van der Waals surface area contributed by atoms with E-state index in [1.807, 2.05) is 0 Å². The van der Waals surface area contributed by atoms with E-state index in [9.17, 15) is 14.4 Å². The maximum atomic E-state index is 12.7. The Bertz CT molecular complexity index is 1380. The first-order valence-corrected chi connectivity index (χ1v) is 13.5. The Labute approximate surface area is 257 Å². The fourth-order valence-electron chi connectivity index (χ4n) is 3.95. The smallest absolute Gasteiger partial charge is 0.340 e. The molecule has 43 heavy (non-hydrogen) atoms. The molecule has 3 aromatic carbocycles. The van der Waals surface area contributed by atoms with Crippen LogP contribution in [0.1, 0.15) is 40.7 Å². The second kappa shape index (κ2) is 18.1. The van der Waals surface area contributed by atoms with E-state index in [4.69, 9.17) is 29.8 Å². The highest BCUT2D eigenvalue weighted by atomic mass is 35.5. The largest absolute Gasteiger partial charge is 0.494 e. The Morgan fingerprint density at radius 1 is 0.907 bits per heavy atom. The molecule has 3 aromatic rings. The van der Waals surface area contributed by atoms with Crippen molar-refractivity contribution < 1.29 is 38.4 Å². The molecule has 11 heteroatoms. The maximum Gasteiger partial charge on any atom is 0.340 e. The van der Waals surface area contributed by atoms with E-state index in [2.05, 4.69) is 5.32 Å². The molecule has 0 saturated heterocycles. The fraction of sp³-hybridized carbons (Fsp3) is 0.281. The average molecular weight is 613 g/mol. The number of carbonyl (C=O) groups excluding carboxylic acids is 2. The van der Waals surface area contributed by atoms with E-state index < -0.39 is 23.9 Å². The summed E-state index contributed by atoms with van der Waals surface area (Å²) in [4.78, 5) is 36.1. The van der Waals surface area contributed by atoms with Crippen molar-refractivity contribution in [3.05, 3.63) is 89.5 Å². The number of methoxy groups -OCH3 is 2. The molecule has 10 nitrogen and oxygen atoms in total. The normalized spacial score (nSPS) is 11.2. The number of ether oxygens (including phenoxy) is 4. The van der Waals surface area contributed by atoms with Crippen molar-refractivity contribution in [2.45, 2.75) is 31.7 Å². The molecule has 1 atom stereocenters. The van der Waals surface area contributed by atoms with Crippen molar-refractivity contribution in [1.82, 2.24) is 0 Å². The van der Waals surface area contributed by atoms with Gasteiger partial charge in [-0.1, -0.05) is 30.3 Å². The second-order valence-electron chi connectivity index (χ2n) is 9.32. The second-order valence-corrected chi connectivity index (χ2v) is 9.32. The predicted octanol–water partition coefficient (Wildman–Crippen LogP) is 5.14. The summed E-state index contributed by atoms with van der Waals surface area (Å²) in [5.74, 6) is -0.131. The zero-order chi connectivity index (χ0) is 30.3. The molecule has 0 fully saturated rings. The van der Waals surface area contributed by atoms with Crippen molar-refractivity contribution in [2.24, 2.45) is 5.73 Å². The molecule has 0 aliphatic carbocycles. The predicted molar refractivity (Wildman–Crippen MR) is 166 cm³/mol. The molecule has 0 aliphatic heterocycles. The van der Waals surface area contributed by atoms with Gasteiger partial charge in [0.25, 0.3) is 0 Å². The van der Waals surface area contributed by atoms with Crippen LogP contribution in [0.15, 0.2) is 72.8 Å². The van der Waals surface area contributed by atoms with Crippen LogP contribution in [0.4, 0.5) is 5.69 Å². The molecular formula is C32H37ClN2O8. The zero-order valence-electron chi connectivity index (χ0n) is 24.1. The summed E-state index contributed by atoms with van der Waals surface area (Å²) < 4.78 is 21.7. The van der Waals surface area contributed by atoms with Gasteiger partial charge in [0.15, 0.2) is 11.5 Å². The first kappa shape index (κ1) is 34.7. The van der Waals surface area contributed by atoms with Gasteiger partial charge in [-0.2, -0.15) is 0 Å². The molecule has 4 N–H and O–H groups in total. The molecule has 0 aromatic heterocycles. The quantitative estimate of drug-likeness (QED) is 0.114. The summed E-state index contributed by atoms with van der Waals surface area (Å²) in [5.41, 5.74) is 7.75. The highest BCUT2D eigenvalue weighted by molar-refractivity contribution is 6.06. The highest BCUT2D eigenvalue weighted by Gasteiger charge is 2.14. The number of carbonyl (C=O) groups is 3. The lowest BCUT2D eigenvalue weighted by atomic mass is 10.1. The van der Waals surface area contributed by atoms with Gasteiger partial charge in [0, 0.05) is 6.08 Å². The van der Waals surface area contributed by atoms with Crippen LogP contribution in [0.25, 0.3) is 6.08 Å². The van der Waals surface area contributed by atoms with Crippen LogP contribution in [-0.4, -0.2) is 56.4 Å². The van der Waals surface area contributed by atoms with Crippen LogP contribution >= 0.6 is 12.4 Å². The molecule has 0 spiro atoms. The Morgan fingerprint density at radius 3 is 2.30 bits per heavy atom. The lowest BCUT2D eigenvalue weighted by Crippen LogP contribution is -2.32. The fourth-order valence-corrected chi connectivity index (χ4v) is 3.95. The van der Waals surface area contributed by atoms with Gasteiger partial charge in [-0.05, 0) is 79.3 Å². The van der Waals surface area contributed by atoms with Gasteiger partial charge >= 0.3 is 11.9 Å². The Morgan fingerprint density at radius 2 is 1.60 bits per heavy atom. The molecule has 0 saturated carbocycles. The van der Waals surface area contributed by atoms with Gasteiger partial charge in [0.1, 0.15) is 11.8 Å². The number of nitrogens with two attached hydrogens (primary N) is 1. The Balaban J connectivity index is 0.00000645. The number of nitrogens with one attached hydrogen (secondary N) is 1. The van der Waals surface area contributed by atoms with Crippen molar-refractivity contribution in [1.29, 1.82) is 0 Å². The van der Waals surface area contributed by atoms with Crippen molar-refractivity contribution in [3.8, 4) is 17.2 Å². The molecule has 230 valence electrons. The van der Waals surface area contributed by atoms with Crippen LogP contribution < -0.4 is 25.3 Å². The number of unbranched alkanes of at least 4 members (excludes halogenated alkanes) is 2.